The Hall–Kier alpha value is -1.94. The van der Waals surface area contributed by atoms with Gasteiger partial charge in [0.25, 0.3) is 0 Å². The number of aromatic nitrogens is 2. The largest absolute Gasteiger partial charge is 0.355 e. The summed E-state index contributed by atoms with van der Waals surface area (Å²) in [4.78, 5) is 10.4. The summed E-state index contributed by atoms with van der Waals surface area (Å²) in [6.07, 6.45) is 3.33. The summed E-state index contributed by atoms with van der Waals surface area (Å²) in [5.41, 5.74) is 9.18. The Bertz CT molecular complexity index is 507. The maximum absolute atomic E-state index is 5.70. The average molecular weight is 242 g/mol. The molecule has 4 nitrogen and oxygen atoms in total. The fourth-order valence-corrected chi connectivity index (χ4v) is 1.88. The van der Waals surface area contributed by atoms with Gasteiger partial charge >= 0.3 is 0 Å². The van der Waals surface area contributed by atoms with Gasteiger partial charge in [-0.2, -0.15) is 0 Å². The van der Waals surface area contributed by atoms with Crippen LogP contribution in [0.1, 0.15) is 16.7 Å². The minimum Gasteiger partial charge on any atom is -0.355 e. The highest BCUT2D eigenvalue weighted by Crippen LogP contribution is 2.16. The maximum atomic E-state index is 5.70. The number of hydrogen-bond donors (Lipinski definition) is 1. The van der Waals surface area contributed by atoms with Crippen LogP contribution >= 0.6 is 0 Å². The molecule has 4 heteroatoms. The molecule has 0 saturated heterocycles. The lowest BCUT2D eigenvalue weighted by molar-refractivity contribution is 0.865. The fraction of sp³-hybridized carbons (Fsp3) is 0.286. The lowest BCUT2D eigenvalue weighted by atomic mass is 10.1. The standard InChI is InChI=1S/C14H18N4/c1-11-3-5-12(6-4-11)9-18(2)14-13(7-15)8-16-10-17-14/h3-6,8,10H,7,9,15H2,1-2H3. The van der Waals surface area contributed by atoms with Crippen LogP contribution in [0, 0.1) is 6.92 Å². The van der Waals surface area contributed by atoms with Gasteiger partial charge in [0, 0.05) is 31.9 Å². The zero-order chi connectivity index (χ0) is 13.0. The van der Waals surface area contributed by atoms with E-state index in [1.54, 1.807) is 12.5 Å². The molecule has 0 bridgehead atoms. The molecule has 0 aliphatic heterocycles. The molecule has 0 aliphatic rings. The highest BCUT2D eigenvalue weighted by Gasteiger charge is 2.08. The molecule has 0 unspecified atom stereocenters. The van der Waals surface area contributed by atoms with E-state index < -0.39 is 0 Å². The van der Waals surface area contributed by atoms with Crippen LogP contribution in [0.15, 0.2) is 36.8 Å². The van der Waals surface area contributed by atoms with Crippen molar-refractivity contribution in [1.29, 1.82) is 0 Å². The first-order chi connectivity index (χ1) is 8.70. The SMILES string of the molecule is Cc1ccc(CN(C)c2ncncc2CN)cc1. The smallest absolute Gasteiger partial charge is 0.136 e. The van der Waals surface area contributed by atoms with Crippen molar-refractivity contribution < 1.29 is 0 Å². The minimum atomic E-state index is 0.453. The Morgan fingerprint density at radius 1 is 1.22 bits per heavy atom. The Kier molecular flexibility index (Phi) is 3.89. The van der Waals surface area contributed by atoms with E-state index in [9.17, 15) is 0 Å². The highest BCUT2D eigenvalue weighted by atomic mass is 15.2. The van der Waals surface area contributed by atoms with Crippen molar-refractivity contribution in [2.24, 2.45) is 5.73 Å². The number of anilines is 1. The van der Waals surface area contributed by atoms with Crippen molar-refractivity contribution >= 4 is 5.82 Å². The van der Waals surface area contributed by atoms with E-state index in [0.29, 0.717) is 6.54 Å². The van der Waals surface area contributed by atoms with Crippen molar-refractivity contribution in [2.45, 2.75) is 20.0 Å². The molecular weight excluding hydrogens is 224 g/mol. The number of rotatable bonds is 4. The third-order valence-corrected chi connectivity index (χ3v) is 2.89. The van der Waals surface area contributed by atoms with Gasteiger partial charge in [0.05, 0.1) is 0 Å². The van der Waals surface area contributed by atoms with Gasteiger partial charge in [-0.1, -0.05) is 29.8 Å². The van der Waals surface area contributed by atoms with E-state index in [4.69, 9.17) is 5.73 Å². The van der Waals surface area contributed by atoms with Crippen LogP contribution in [0.3, 0.4) is 0 Å². The molecule has 0 amide bonds. The Labute approximate surface area is 107 Å². The van der Waals surface area contributed by atoms with E-state index >= 15 is 0 Å². The van der Waals surface area contributed by atoms with Crippen LogP contribution in [0.4, 0.5) is 5.82 Å². The summed E-state index contributed by atoms with van der Waals surface area (Å²) in [7, 11) is 2.02. The van der Waals surface area contributed by atoms with E-state index in [2.05, 4.69) is 46.1 Å². The molecule has 94 valence electrons. The number of hydrogen-bond acceptors (Lipinski definition) is 4. The summed E-state index contributed by atoms with van der Waals surface area (Å²) in [5.74, 6) is 0.896. The van der Waals surface area contributed by atoms with E-state index in [-0.39, 0.29) is 0 Å². The van der Waals surface area contributed by atoms with Crippen molar-refractivity contribution in [1.82, 2.24) is 9.97 Å². The van der Waals surface area contributed by atoms with Crippen LogP contribution in [-0.4, -0.2) is 17.0 Å². The predicted molar refractivity (Wildman–Crippen MR) is 73.2 cm³/mol. The van der Waals surface area contributed by atoms with Crippen LogP contribution in [0.2, 0.25) is 0 Å². The average Bonchev–Trinajstić information content (AvgIpc) is 2.41. The van der Waals surface area contributed by atoms with Gasteiger partial charge in [-0.25, -0.2) is 9.97 Å². The summed E-state index contributed by atoms with van der Waals surface area (Å²) >= 11 is 0. The Morgan fingerprint density at radius 3 is 2.61 bits per heavy atom. The molecule has 2 aromatic rings. The lowest BCUT2D eigenvalue weighted by Crippen LogP contribution is -2.20. The highest BCUT2D eigenvalue weighted by molar-refractivity contribution is 5.45. The van der Waals surface area contributed by atoms with Gasteiger partial charge in [0.2, 0.25) is 0 Å². The second-order valence-electron chi connectivity index (χ2n) is 4.42. The van der Waals surface area contributed by atoms with Gasteiger partial charge < -0.3 is 10.6 Å². The topological polar surface area (TPSA) is 55.0 Å². The lowest BCUT2D eigenvalue weighted by Gasteiger charge is -2.20. The van der Waals surface area contributed by atoms with Gasteiger partial charge in [0.15, 0.2) is 0 Å². The summed E-state index contributed by atoms with van der Waals surface area (Å²) in [6, 6.07) is 8.50. The number of nitrogens with zero attached hydrogens (tertiary/aromatic N) is 3. The molecule has 0 radical (unpaired) electrons. The van der Waals surface area contributed by atoms with E-state index in [0.717, 1.165) is 17.9 Å². The minimum absolute atomic E-state index is 0.453. The monoisotopic (exact) mass is 242 g/mol. The fourth-order valence-electron chi connectivity index (χ4n) is 1.88. The third-order valence-electron chi connectivity index (χ3n) is 2.89. The van der Waals surface area contributed by atoms with E-state index in [1.807, 2.05) is 7.05 Å². The first kappa shape index (κ1) is 12.5. The van der Waals surface area contributed by atoms with Crippen molar-refractivity contribution in [3.8, 4) is 0 Å². The molecule has 2 rings (SSSR count). The molecule has 0 saturated carbocycles. The quantitative estimate of drug-likeness (QED) is 0.889. The zero-order valence-electron chi connectivity index (χ0n) is 10.8. The van der Waals surface area contributed by atoms with Crippen molar-refractivity contribution in [3.05, 3.63) is 53.5 Å². The van der Waals surface area contributed by atoms with Crippen LogP contribution < -0.4 is 10.6 Å². The number of benzene rings is 1. The molecule has 2 N–H and O–H groups in total. The van der Waals surface area contributed by atoms with Crippen molar-refractivity contribution in [3.63, 3.8) is 0 Å². The Morgan fingerprint density at radius 2 is 1.94 bits per heavy atom. The van der Waals surface area contributed by atoms with Crippen LogP contribution in [0.5, 0.6) is 0 Å². The third kappa shape index (κ3) is 2.84. The van der Waals surface area contributed by atoms with Crippen molar-refractivity contribution in [2.75, 3.05) is 11.9 Å². The van der Waals surface area contributed by atoms with E-state index in [1.165, 1.54) is 11.1 Å². The Balaban J connectivity index is 2.16. The van der Waals surface area contributed by atoms with Crippen LogP contribution in [0.25, 0.3) is 0 Å². The summed E-state index contributed by atoms with van der Waals surface area (Å²) in [5, 5.41) is 0. The van der Waals surface area contributed by atoms with Gasteiger partial charge in [-0.05, 0) is 12.5 Å². The zero-order valence-corrected chi connectivity index (χ0v) is 10.8. The maximum Gasteiger partial charge on any atom is 0.136 e. The first-order valence-electron chi connectivity index (χ1n) is 5.96. The van der Waals surface area contributed by atoms with Gasteiger partial charge in [0.1, 0.15) is 12.1 Å². The van der Waals surface area contributed by atoms with Gasteiger partial charge in [-0.3, -0.25) is 0 Å². The molecule has 1 heterocycles. The van der Waals surface area contributed by atoms with Gasteiger partial charge in [-0.15, -0.1) is 0 Å². The molecule has 0 aliphatic carbocycles. The molecular formula is C14H18N4. The molecule has 0 fully saturated rings. The second kappa shape index (κ2) is 5.60. The normalized spacial score (nSPS) is 10.4. The molecule has 1 aromatic heterocycles. The van der Waals surface area contributed by atoms with Crippen LogP contribution in [-0.2, 0) is 13.1 Å². The second-order valence-corrected chi connectivity index (χ2v) is 4.42. The molecule has 0 spiro atoms. The molecule has 1 aromatic carbocycles. The molecule has 18 heavy (non-hydrogen) atoms. The first-order valence-corrected chi connectivity index (χ1v) is 5.96. The summed E-state index contributed by atoms with van der Waals surface area (Å²) < 4.78 is 0. The summed E-state index contributed by atoms with van der Waals surface area (Å²) in [6.45, 7) is 3.35. The number of aryl methyl sites for hydroxylation is 1. The molecule has 0 atom stereocenters. The number of nitrogens with two attached hydrogens (primary N) is 1. The predicted octanol–water partition coefficient (Wildman–Crippen LogP) is 1.88.